The summed E-state index contributed by atoms with van der Waals surface area (Å²) in [7, 11) is 0. The molecule has 1 saturated heterocycles. The molecule has 12 heteroatoms. The van der Waals surface area contributed by atoms with Gasteiger partial charge < -0.3 is 37.8 Å². The maximum absolute atomic E-state index is 12.7. The van der Waals surface area contributed by atoms with Gasteiger partial charge in [0.2, 0.25) is 17.7 Å². The SMILES string of the molecule is CCC(C)C(NC(=O)C(CCCN=C(N)N)NC(=O)CNC(=O)C1CCCN1)C(=O)O. The van der Waals surface area contributed by atoms with E-state index >= 15 is 0 Å². The molecule has 0 saturated carbocycles. The summed E-state index contributed by atoms with van der Waals surface area (Å²) >= 11 is 0. The first kappa shape index (κ1) is 26.1. The van der Waals surface area contributed by atoms with Crippen LogP contribution in [0.3, 0.4) is 0 Å². The minimum atomic E-state index is -1.15. The summed E-state index contributed by atoms with van der Waals surface area (Å²) in [5, 5.41) is 20.0. The molecule has 1 rings (SSSR count). The van der Waals surface area contributed by atoms with E-state index in [4.69, 9.17) is 11.5 Å². The molecule has 0 radical (unpaired) electrons. The molecule has 9 N–H and O–H groups in total. The van der Waals surface area contributed by atoms with E-state index in [1.807, 2.05) is 6.92 Å². The Labute approximate surface area is 182 Å². The molecule has 4 unspecified atom stereocenters. The van der Waals surface area contributed by atoms with Crippen molar-refractivity contribution in [1.29, 1.82) is 0 Å². The van der Waals surface area contributed by atoms with E-state index in [1.54, 1.807) is 6.92 Å². The van der Waals surface area contributed by atoms with Gasteiger partial charge in [0.1, 0.15) is 12.1 Å². The summed E-state index contributed by atoms with van der Waals surface area (Å²) in [6.07, 6.45) is 2.73. The van der Waals surface area contributed by atoms with E-state index in [9.17, 15) is 24.3 Å². The number of carboxylic acid groups (broad SMARTS) is 1. The quantitative estimate of drug-likeness (QED) is 0.0966. The molecule has 12 nitrogen and oxygen atoms in total. The molecule has 1 fully saturated rings. The molecule has 0 spiro atoms. The average molecular weight is 442 g/mol. The lowest BCUT2D eigenvalue weighted by Gasteiger charge is -2.24. The van der Waals surface area contributed by atoms with Gasteiger partial charge in [0.25, 0.3) is 0 Å². The second-order valence-electron chi connectivity index (χ2n) is 7.65. The van der Waals surface area contributed by atoms with E-state index in [0.717, 1.165) is 13.0 Å². The van der Waals surface area contributed by atoms with Crippen molar-refractivity contribution in [2.24, 2.45) is 22.4 Å². The van der Waals surface area contributed by atoms with Gasteiger partial charge in [-0.25, -0.2) is 4.79 Å². The molecule has 1 aliphatic heterocycles. The highest BCUT2D eigenvalue weighted by Crippen LogP contribution is 2.09. The number of carbonyl (C=O) groups excluding carboxylic acids is 3. The fourth-order valence-corrected chi connectivity index (χ4v) is 3.15. The number of hydrogen-bond acceptors (Lipinski definition) is 6. The maximum Gasteiger partial charge on any atom is 0.326 e. The van der Waals surface area contributed by atoms with Crippen LogP contribution in [0.5, 0.6) is 0 Å². The van der Waals surface area contributed by atoms with E-state index in [2.05, 4.69) is 26.3 Å². The van der Waals surface area contributed by atoms with Crippen molar-refractivity contribution in [3.05, 3.63) is 0 Å². The zero-order chi connectivity index (χ0) is 23.4. The van der Waals surface area contributed by atoms with Crippen LogP contribution >= 0.6 is 0 Å². The minimum absolute atomic E-state index is 0.0871. The van der Waals surface area contributed by atoms with Crippen LogP contribution in [-0.2, 0) is 19.2 Å². The predicted octanol–water partition coefficient (Wildman–Crippen LogP) is -1.99. The van der Waals surface area contributed by atoms with Gasteiger partial charge in [-0.3, -0.25) is 19.4 Å². The largest absolute Gasteiger partial charge is 0.480 e. The van der Waals surface area contributed by atoms with Crippen LogP contribution in [0.1, 0.15) is 46.0 Å². The first-order valence-electron chi connectivity index (χ1n) is 10.5. The number of nitrogens with two attached hydrogens (primary N) is 2. The summed E-state index contributed by atoms with van der Waals surface area (Å²) in [6, 6.07) is -2.39. The summed E-state index contributed by atoms with van der Waals surface area (Å²) in [6.45, 7) is 4.26. The Morgan fingerprint density at radius 1 is 1.23 bits per heavy atom. The first-order chi connectivity index (χ1) is 14.6. The van der Waals surface area contributed by atoms with E-state index in [1.165, 1.54) is 0 Å². The molecule has 0 aromatic rings. The molecule has 1 heterocycles. The Morgan fingerprint density at radius 2 is 1.94 bits per heavy atom. The standard InChI is InChI=1S/C19H35N7O5/c1-3-11(2)15(18(30)31)26-17(29)13(7-5-9-23-19(20)21)25-14(27)10-24-16(28)12-6-4-8-22-12/h11-13,15,22H,3-10H2,1-2H3,(H,24,28)(H,25,27)(H,26,29)(H,30,31)(H4,20,21,23). The van der Waals surface area contributed by atoms with E-state index in [-0.39, 0.29) is 43.3 Å². The first-order valence-corrected chi connectivity index (χ1v) is 10.5. The monoisotopic (exact) mass is 441 g/mol. The average Bonchev–Trinajstić information content (AvgIpc) is 3.26. The molecule has 0 aliphatic carbocycles. The summed E-state index contributed by atoms with van der Waals surface area (Å²) in [4.78, 5) is 52.4. The number of rotatable bonds is 13. The van der Waals surface area contributed by atoms with Crippen molar-refractivity contribution in [3.63, 3.8) is 0 Å². The van der Waals surface area contributed by atoms with Gasteiger partial charge in [0.05, 0.1) is 12.6 Å². The summed E-state index contributed by atoms with van der Waals surface area (Å²) < 4.78 is 0. The second-order valence-corrected chi connectivity index (χ2v) is 7.65. The van der Waals surface area contributed by atoms with E-state index in [0.29, 0.717) is 19.3 Å². The normalized spacial score (nSPS) is 18.3. The van der Waals surface area contributed by atoms with Crippen molar-refractivity contribution >= 4 is 29.7 Å². The topological polar surface area (TPSA) is 201 Å². The molecular weight excluding hydrogens is 406 g/mol. The summed E-state index contributed by atoms with van der Waals surface area (Å²) in [5.41, 5.74) is 10.6. The van der Waals surface area contributed by atoms with Crippen molar-refractivity contribution in [2.75, 3.05) is 19.6 Å². The Hall–Kier alpha value is -2.89. The lowest BCUT2D eigenvalue weighted by atomic mass is 9.98. The summed E-state index contributed by atoms with van der Waals surface area (Å²) in [5.74, 6) is -2.97. The third kappa shape index (κ3) is 9.64. The lowest BCUT2D eigenvalue weighted by Crippen LogP contribution is -2.55. The molecule has 3 amide bonds. The Bertz CT molecular complexity index is 660. The number of nitrogens with one attached hydrogen (secondary N) is 4. The minimum Gasteiger partial charge on any atom is -0.480 e. The predicted molar refractivity (Wildman–Crippen MR) is 115 cm³/mol. The Kier molecular flexibility index (Phi) is 11.3. The number of carboxylic acids is 1. The van der Waals surface area contributed by atoms with Gasteiger partial charge in [-0.05, 0) is 38.1 Å². The smallest absolute Gasteiger partial charge is 0.326 e. The van der Waals surface area contributed by atoms with Crippen molar-refractivity contribution < 1.29 is 24.3 Å². The number of guanidine groups is 1. The fraction of sp³-hybridized carbons (Fsp3) is 0.737. The Morgan fingerprint density at radius 3 is 2.48 bits per heavy atom. The lowest BCUT2D eigenvalue weighted by molar-refractivity contribution is -0.143. The van der Waals surface area contributed by atoms with Crippen LogP contribution < -0.4 is 32.7 Å². The number of amides is 3. The third-order valence-corrected chi connectivity index (χ3v) is 5.17. The molecular formula is C19H35N7O5. The molecule has 0 aromatic carbocycles. The van der Waals surface area contributed by atoms with Gasteiger partial charge in [0.15, 0.2) is 5.96 Å². The number of hydrogen-bond donors (Lipinski definition) is 7. The van der Waals surface area contributed by atoms with Crippen LogP contribution in [0, 0.1) is 5.92 Å². The van der Waals surface area contributed by atoms with Gasteiger partial charge in [0, 0.05) is 6.54 Å². The molecule has 176 valence electrons. The number of carbonyl (C=O) groups is 4. The molecule has 1 aliphatic rings. The van der Waals surface area contributed by atoms with Crippen LogP contribution in [0.2, 0.25) is 0 Å². The number of aliphatic carboxylic acids is 1. The molecule has 4 atom stereocenters. The fourth-order valence-electron chi connectivity index (χ4n) is 3.15. The van der Waals surface area contributed by atoms with Gasteiger partial charge in [-0.15, -0.1) is 0 Å². The van der Waals surface area contributed by atoms with Crippen LogP contribution in [-0.4, -0.2) is 72.5 Å². The highest BCUT2D eigenvalue weighted by atomic mass is 16.4. The van der Waals surface area contributed by atoms with Crippen LogP contribution in [0.4, 0.5) is 0 Å². The third-order valence-electron chi connectivity index (χ3n) is 5.17. The maximum atomic E-state index is 12.7. The number of aliphatic imine (C=N–C) groups is 1. The zero-order valence-corrected chi connectivity index (χ0v) is 18.1. The van der Waals surface area contributed by atoms with Crippen molar-refractivity contribution in [3.8, 4) is 0 Å². The zero-order valence-electron chi connectivity index (χ0n) is 18.1. The highest BCUT2D eigenvalue weighted by molar-refractivity contribution is 5.92. The van der Waals surface area contributed by atoms with Crippen LogP contribution in [0.25, 0.3) is 0 Å². The second kappa shape index (κ2) is 13.4. The van der Waals surface area contributed by atoms with E-state index < -0.39 is 29.9 Å². The van der Waals surface area contributed by atoms with Crippen molar-refractivity contribution in [1.82, 2.24) is 21.3 Å². The van der Waals surface area contributed by atoms with Crippen LogP contribution in [0.15, 0.2) is 4.99 Å². The number of nitrogens with zero attached hydrogens (tertiary/aromatic N) is 1. The molecule has 0 aromatic heterocycles. The van der Waals surface area contributed by atoms with Gasteiger partial charge in [-0.2, -0.15) is 0 Å². The van der Waals surface area contributed by atoms with Gasteiger partial charge >= 0.3 is 5.97 Å². The van der Waals surface area contributed by atoms with Gasteiger partial charge in [-0.1, -0.05) is 20.3 Å². The Balaban J connectivity index is 2.70. The molecule has 0 bridgehead atoms. The van der Waals surface area contributed by atoms with Crippen molar-refractivity contribution in [2.45, 2.75) is 64.1 Å². The molecule has 31 heavy (non-hydrogen) atoms. The highest BCUT2D eigenvalue weighted by Gasteiger charge is 2.29.